The van der Waals surface area contributed by atoms with Crippen LogP contribution < -0.4 is 0 Å². The van der Waals surface area contributed by atoms with Crippen LogP contribution in [-0.4, -0.2) is 19.9 Å². The zero-order valence-electron chi connectivity index (χ0n) is 12.9. The Morgan fingerprint density at radius 1 is 1.12 bits per heavy atom. The summed E-state index contributed by atoms with van der Waals surface area (Å²) < 4.78 is 1.79. The second-order valence-corrected chi connectivity index (χ2v) is 6.57. The molecule has 0 fully saturated rings. The second-order valence-electron chi connectivity index (χ2n) is 5.33. The SMILES string of the molecule is Oc1c(N=Nc2nncs2)c2ccccc2n1Cc1cccc(Cl)c1. The Kier molecular flexibility index (Phi) is 4.17. The lowest BCUT2D eigenvalue weighted by Gasteiger charge is -2.07. The molecule has 2 aromatic heterocycles. The number of aromatic nitrogens is 3. The highest BCUT2D eigenvalue weighted by molar-refractivity contribution is 7.13. The third kappa shape index (κ3) is 3.11. The number of hydrogen-bond acceptors (Lipinski definition) is 6. The van der Waals surface area contributed by atoms with Crippen LogP contribution in [0.2, 0.25) is 5.02 Å². The van der Waals surface area contributed by atoms with E-state index in [9.17, 15) is 5.11 Å². The lowest BCUT2D eigenvalue weighted by molar-refractivity contribution is 0.429. The van der Waals surface area contributed by atoms with Gasteiger partial charge in [0.05, 0.1) is 12.1 Å². The van der Waals surface area contributed by atoms with Crippen molar-refractivity contribution >= 4 is 44.7 Å². The smallest absolute Gasteiger partial charge is 0.251 e. The molecule has 8 heteroatoms. The van der Waals surface area contributed by atoms with Gasteiger partial charge in [-0.2, -0.15) is 0 Å². The molecule has 0 radical (unpaired) electrons. The van der Waals surface area contributed by atoms with E-state index in [4.69, 9.17) is 11.6 Å². The molecule has 0 spiro atoms. The number of rotatable bonds is 4. The molecule has 2 aromatic carbocycles. The van der Waals surface area contributed by atoms with Gasteiger partial charge in [-0.25, -0.2) is 0 Å². The molecule has 0 amide bonds. The second kappa shape index (κ2) is 6.62. The molecule has 0 aliphatic carbocycles. The van der Waals surface area contributed by atoms with Gasteiger partial charge < -0.3 is 9.67 Å². The van der Waals surface area contributed by atoms with Gasteiger partial charge in [0.25, 0.3) is 5.13 Å². The predicted molar refractivity (Wildman–Crippen MR) is 98.2 cm³/mol. The average Bonchev–Trinajstić information content (AvgIpc) is 3.21. The van der Waals surface area contributed by atoms with E-state index in [0.29, 0.717) is 22.4 Å². The maximum absolute atomic E-state index is 10.7. The fraction of sp³-hybridized carbons (Fsp3) is 0.0588. The highest BCUT2D eigenvalue weighted by Gasteiger charge is 2.16. The van der Waals surface area contributed by atoms with E-state index in [-0.39, 0.29) is 5.88 Å². The van der Waals surface area contributed by atoms with Gasteiger partial charge in [-0.1, -0.05) is 53.3 Å². The van der Waals surface area contributed by atoms with E-state index in [1.54, 1.807) is 10.1 Å². The number of hydrogen-bond donors (Lipinski definition) is 1. The first-order valence-corrected chi connectivity index (χ1v) is 8.70. The van der Waals surface area contributed by atoms with E-state index in [0.717, 1.165) is 16.5 Å². The van der Waals surface area contributed by atoms with Gasteiger partial charge in [-0.05, 0) is 23.8 Å². The van der Waals surface area contributed by atoms with Crippen LogP contribution in [0.1, 0.15) is 5.56 Å². The van der Waals surface area contributed by atoms with Crippen molar-refractivity contribution in [2.75, 3.05) is 0 Å². The standard InChI is InChI=1S/C17H12ClN5OS/c18-12-5-3-4-11(8-12)9-23-14-7-2-1-6-13(14)15(16(23)24)20-22-17-21-19-10-25-17/h1-8,10,24H,9H2. The van der Waals surface area contributed by atoms with Crippen molar-refractivity contribution in [3.05, 3.63) is 64.6 Å². The first-order chi connectivity index (χ1) is 12.2. The van der Waals surface area contributed by atoms with Crippen molar-refractivity contribution in [2.24, 2.45) is 10.2 Å². The topological polar surface area (TPSA) is 75.7 Å². The molecule has 6 nitrogen and oxygen atoms in total. The molecule has 0 saturated heterocycles. The van der Waals surface area contributed by atoms with Crippen molar-refractivity contribution in [2.45, 2.75) is 6.54 Å². The van der Waals surface area contributed by atoms with Crippen molar-refractivity contribution < 1.29 is 5.11 Å². The number of benzene rings is 2. The molecule has 25 heavy (non-hydrogen) atoms. The molecular formula is C17H12ClN5OS. The molecule has 0 saturated carbocycles. The summed E-state index contributed by atoms with van der Waals surface area (Å²) in [5, 5.41) is 28.4. The van der Waals surface area contributed by atoms with Gasteiger partial charge in [-0.3, -0.25) is 0 Å². The number of halogens is 1. The van der Waals surface area contributed by atoms with Gasteiger partial charge in [0, 0.05) is 10.4 Å². The van der Waals surface area contributed by atoms with Crippen LogP contribution >= 0.6 is 22.9 Å². The predicted octanol–water partition coefficient (Wildman–Crippen LogP) is 5.32. The third-order valence-electron chi connectivity index (χ3n) is 3.73. The zero-order valence-corrected chi connectivity index (χ0v) is 14.4. The van der Waals surface area contributed by atoms with Gasteiger partial charge >= 0.3 is 0 Å². The number of aromatic hydroxyl groups is 1. The van der Waals surface area contributed by atoms with Gasteiger partial charge in [-0.15, -0.1) is 20.4 Å². The Labute approximate surface area is 152 Å². The van der Waals surface area contributed by atoms with E-state index >= 15 is 0 Å². The Bertz CT molecular complexity index is 1060. The minimum Gasteiger partial charge on any atom is -0.493 e. The van der Waals surface area contributed by atoms with Crippen LogP contribution in [-0.2, 0) is 6.54 Å². The van der Waals surface area contributed by atoms with Crippen molar-refractivity contribution in [3.63, 3.8) is 0 Å². The highest BCUT2D eigenvalue weighted by Crippen LogP contribution is 2.40. The number of azo groups is 1. The van der Waals surface area contributed by atoms with E-state index in [1.807, 2.05) is 48.5 Å². The quantitative estimate of drug-likeness (QED) is 0.495. The lowest BCUT2D eigenvalue weighted by Crippen LogP contribution is -1.98. The molecule has 0 aliphatic heterocycles. The van der Waals surface area contributed by atoms with Crippen LogP contribution in [0.3, 0.4) is 0 Å². The molecule has 2 heterocycles. The van der Waals surface area contributed by atoms with E-state index in [2.05, 4.69) is 20.4 Å². The van der Waals surface area contributed by atoms with E-state index < -0.39 is 0 Å². The molecule has 4 aromatic rings. The monoisotopic (exact) mass is 369 g/mol. The molecular weight excluding hydrogens is 358 g/mol. The Balaban J connectivity index is 1.81. The molecule has 0 aliphatic rings. The summed E-state index contributed by atoms with van der Waals surface area (Å²) in [5.74, 6) is 0.0504. The summed E-state index contributed by atoms with van der Waals surface area (Å²) in [6, 6.07) is 15.2. The first kappa shape index (κ1) is 15.7. The third-order valence-corrected chi connectivity index (χ3v) is 4.54. The fourth-order valence-electron chi connectivity index (χ4n) is 2.65. The van der Waals surface area contributed by atoms with Crippen LogP contribution in [0.4, 0.5) is 10.8 Å². The van der Waals surface area contributed by atoms with Crippen LogP contribution in [0.5, 0.6) is 5.88 Å². The van der Waals surface area contributed by atoms with Crippen molar-refractivity contribution in [1.82, 2.24) is 14.8 Å². The zero-order chi connectivity index (χ0) is 17.2. The summed E-state index contributed by atoms with van der Waals surface area (Å²) >= 11 is 7.34. The van der Waals surface area contributed by atoms with Crippen molar-refractivity contribution in [1.29, 1.82) is 0 Å². The minimum absolute atomic E-state index is 0.0504. The summed E-state index contributed by atoms with van der Waals surface area (Å²) in [5.41, 5.74) is 3.84. The summed E-state index contributed by atoms with van der Waals surface area (Å²) in [7, 11) is 0. The minimum atomic E-state index is 0.0504. The molecule has 0 bridgehead atoms. The van der Waals surface area contributed by atoms with Crippen LogP contribution in [0.15, 0.2) is 64.3 Å². The summed E-state index contributed by atoms with van der Waals surface area (Å²) in [6.07, 6.45) is 0. The molecule has 0 unspecified atom stereocenters. The Hall–Kier alpha value is -2.77. The largest absolute Gasteiger partial charge is 0.493 e. The number of fused-ring (bicyclic) bond motifs is 1. The van der Waals surface area contributed by atoms with Crippen LogP contribution in [0, 0.1) is 0 Å². The maximum atomic E-state index is 10.7. The molecule has 4 rings (SSSR count). The Morgan fingerprint density at radius 3 is 2.80 bits per heavy atom. The average molecular weight is 370 g/mol. The maximum Gasteiger partial charge on any atom is 0.251 e. The van der Waals surface area contributed by atoms with Crippen LogP contribution in [0.25, 0.3) is 10.9 Å². The number of nitrogens with zero attached hydrogens (tertiary/aromatic N) is 5. The summed E-state index contributed by atoms with van der Waals surface area (Å²) in [6.45, 7) is 0.473. The summed E-state index contributed by atoms with van der Waals surface area (Å²) in [4.78, 5) is 0. The molecule has 0 atom stereocenters. The van der Waals surface area contributed by atoms with Crippen molar-refractivity contribution in [3.8, 4) is 5.88 Å². The normalized spacial score (nSPS) is 11.6. The molecule has 1 N–H and O–H groups in total. The highest BCUT2D eigenvalue weighted by atomic mass is 35.5. The first-order valence-electron chi connectivity index (χ1n) is 7.45. The lowest BCUT2D eigenvalue weighted by atomic mass is 10.2. The Morgan fingerprint density at radius 2 is 2.00 bits per heavy atom. The number of para-hydroxylation sites is 1. The van der Waals surface area contributed by atoms with Gasteiger partial charge in [0.2, 0.25) is 5.88 Å². The van der Waals surface area contributed by atoms with Gasteiger partial charge in [0.1, 0.15) is 5.51 Å². The fourth-order valence-corrected chi connectivity index (χ4v) is 3.24. The van der Waals surface area contributed by atoms with E-state index in [1.165, 1.54) is 11.3 Å². The van der Waals surface area contributed by atoms with Gasteiger partial charge in [0.15, 0.2) is 5.69 Å². The molecule has 124 valence electrons.